The summed E-state index contributed by atoms with van der Waals surface area (Å²) in [7, 11) is 1.98. The lowest BCUT2D eigenvalue weighted by Crippen LogP contribution is -2.16. The molecule has 0 aliphatic rings. The zero-order valence-corrected chi connectivity index (χ0v) is 10.1. The molecule has 0 bridgehead atoms. The SMILES string of the molecule is C=C(C)CCC(NC)c1ccc(Cl)cc1. The molecule has 0 aliphatic carbocycles. The Bertz CT molecular complexity index is 316. The van der Waals surface area contributed by atoms with Gasteiger partial charge in [0.05, 0.1) is 0 Å². The van der Waals surface area contributed by atoms with Crippen LogP contribution in [-0.4, -0.2) is 7.05 Å². The Morgan fingerprint density at radius 1 is 1.40 bits per heavy atom. The van der Waals surface area contributed by atoms with Gasteiger partial charge in [-0.15, -0.1) is 6.58 Å². The first-order chi connectivity index (χ1) is 7.13. The van der Waals surface area contributed by atoms with Gasteiger partial charge in [0.25, 0.3) is 0 Å². The molecular formula is C13H18ClN. The summed E-state index contributed by atoms with van der Waals surface area (Å²) < 4.78 is 0. The minimum Gasteiger partial charge on any atom is -0.313 e. The van der Waals surface area contributed by atoms with Crippen molar-refractivity contribution in [1.82, 2.24) is 5.32 Å². The molecule has 0 saturated carbocycles. The van der Waals surface area contributed by atoms with Crippen molar-refractivity contribution in [2.75, 3.05) is 7.05 Å². The van der Waals surface area contributed by atoms with E-state index in [1.807, 2.05) is 19.2 Å². The zero-order chi connectivity index (χ0) is 11.3. The number of hydrogen-bond donors (Lipinski definition) is 1. The first kappa shape index (κ1) is 12.3. The number of halogens is 1. The van der Waals surface area contributed by atoms with E-state index < -0.39 is 0 Å². The maximum atomic E-state index is 5.85. The van der Waals surface area contributed by atoms with Crippen molar-refractivity contribution >= 4 is 11.6 Å². The Hall–Kier alpha value is -0.790. The summed E-state index contributed by atoms with van der Waals surface area (Å²) in [4.78, 5) is 0. The Kier molecular flexibility index (Phi) is 4.86. The van der Waals surface area contributed by atoms with E-state index >= 15 is 0 Å². The van der Waals surface area contributed by atoms with Gasteiger partial charge in [0, 0.05) is 11.1 Å². The normalized spacial score (nSPS) is 12.5. The highest BCUT2D eigenvalue weighted by molar-refractivity contribution is 6.30. The standard InChI is InChI=1S/C13H18ClN/c1-10(2)4-9-13(15-3)11-5-7-12(14)8-6-11/h5-8,13,15H,1,4,9H2,2-3H3. The molecule has 1 aromatic carbocycles. The Morgan fingerprint density at radius 2 is 2.00 bits per heavy atom. The molecule has 0 saturated heterocycles. The van der Waals surface area contributed by atoms with Gasteiger partial charge in [0.2, 0.25) is 0 Å². The van der Waals surface area contributed by atoms with E-state index in [0.717, 1.165) is 17.9 Å². The first-order valence-corrected chi connectivity index (χ1v) is 5.58. The molecule has 1 rings (SSSR count). The number of rotatable bonds is 5. The average molecular weight is 224 g/mol. The second-order valence-electron chi connectivity index (χ2n) is 3.89. The third-order valence-electron chi connectivity index (χ3n) is 2.48. The largest absolute Gasteiger partial charge is 0.313 e. The number of benzene rings is 1. The molecule has 1 nitrogen and oxygen atoms in total. The van der Waals surface area contributed by atoms with E-state index in [9.17, 15) is 0 Å². The maximum absolute atomic E-state index is 5.85. The van der Waals surface area contributed by atoms with Crippen LogP contribution in [0.3, 0.4) is 0 Å². The molecule has 82 valence electrons. The summed E-state index contributed by atoms with van der Waals surface area (Å²) >= 11 is 5.85. The van der Waals surface area contributed by atoms with Crippen molar-refractivity contribution in [3.05, 3.63) is 47.0 Å². The molecule has 15 heavy (non-hydrogen) atoms. The van der Waals surface area contributed by atoms with E-state index in [1.165, 1.54) is 11.1 Å². The average Bonchev–Trinajstić information content (AvgIpc) is 2.21. The van der Waals surface area contributed by atoms with Crippen molar-refractivity contribution < 1.29 is 0 Å². The Balaban J connectivity index is 2.65. The third kappa shape index (κ3) is 4.06. The number of allylic oxidation sites excluding steroid dienone is 1. The Labute approximate surface area is 97.1 Å². The molecule has 0 aliphatic heterocycles. The smallest absolute Gasteiger partial charge is 0.0406 e. The van der Waals surface area contributed by atoms with Crippen LogP contribution in [0.15, 0.2) is 36.4 Å². The highest BCUT2D eigenvalue weighted by Crippen LogP contribution is 2.21. The molecule has 1 unspecified atom stereocenters. The van der Waals surface area contributed by atoms with Crippen molar-refractivity contribution in [3.8, 4) is 0 Å². The van der Waals surface area contributed by atoms with Crippen LogP contribution in [0, 0.1) is 0 Å². The highest BCUT2D eigenvalue weighted by atomic mass is 35.5. The van der Waals surface area contributed by atoms with Crippen LogP contribution in [0.5, 0.6) is 0 Å². The van der Waals surface area contributed by atoms with Crippen molar-refractivity contribution in [1.29, 1.82) is 0 Å². The van der Waals surface area contributed by atoms with E-state index in [2.05, 4.69) is 31.0 Å². The second kappa shape index (κ2) is 5.94. The van der Waals surface area contributed by atoms with Crippen LogP contribution in [0.1, 0.15) is 31.4 Å². The van der Waals surface area contributed by atoms with Gasteiger partial charge < -0.3 is 5.32 Å². The molecular weight excluding hydrogens is 206 g/mol. The van der Waals surface area contributed by atoms with Gasteiger partial charge in [-0.2, -0.15) is 0 Å². The van der Waals surface area contributed by atoms with Gasteiger partial charge in [-0.3, -0.25) is 0 Å². The van der Waals surface area contributed by atoms with Crippen LogP contribution in [0.2, 0.25) is 5.02 Å². The molecule has 0 fully saturated rings. The fourth-order valence-electron chi connectivity index (χ4n) is 1.56. The predicted octanol–water partition coefficient (Wildman–Crippen LogP) is 3.96. The minimum absolute atomic E-state index is 0.388. The van der Waals surface area contributed by atoms with Crippen LogP contribution in [0.4, 0.5) is 0 Å². The molecule has 0 heterocycles. The van der Waals surface area contributed by atoms with Crippen molar-refractivity contribution in [3.63, 3.8) is 0 Å². The van der Waals surface area contributed by atoms with Gasteiger partial charge in [-0.1, -0.05) is 29.3 Å². The third-order valence-corrected chi connectivity index (χ3v) is 2.73. The molecule has 1 aromatic rings. The summed E-state index contributed by atoms with van der Waals surface area (Å²) in [6.07, 6.45) is 2.13. The van der Waals surface area contributed by atoms with Gasteiger partial charge in [-0.05, 0) is 44.5 Å². The second-order valence-corrected chi connectivity index (χ2v) is 4.33. The lowest BCUT2D eigenvalue weighted by molar-refractivity contribution is 0.548. The first-order valence-electron chi connectivity index (χ1n) is 5.20. The monoisotopic (exact) mass is 223 g/mol. The molecule has 2 heteroatoms. The van der Waals surface area contributed by atoms with Crippen LogP contribution < -0.4 is 5.32 Å². The highest BCUT2D eigenvalue weighted by Gasteiger charge is 2.08. The minimum atomic E-state index is 0.388. The summed E-state index contributed by atoms with van der Waals surface area (Å²) in [6.45, 7) is 5.98. The van der Waals surface area contributed by atoms with Gasteiger partial charge in [-0.25, -0.2) is 0 Å². The summed E-state index contributed by atoms with van der Waals surface area (Å²) in [5.41, 5.74) is 2.51. The lowest BCUT2D eigenvalue weighted by Gasteiger charge is -2.16. The molecule has 0 spiro atoms. The fraction of sp³-hybridized carbons (Fsp3) is 0.385. The van der Waals surface area contributed by atoms with Gasteiger partial charge in [0.1, 0.15) is 0 Å². The quantitative estimate of drug-likeness (QED) is 0.746. The van der Waals surface area contributed by atoms with Crippen LogP contribution in [-0.2, 0) is 0 Å². The summed E-state index contributed by atoms with van der Waals surface area (Å²) in [5.74, 6) is 0. The van der Waals surface area contributed by atoms with Gasteiger partial charge in [0.15, 0.2) is 0 Å². The van der Waals surface area contributed by atoms with Crippen LogP contribution in [0.25, 0.3) is 0 Å². The maximum Gasteiger partial charge on any atom is 0.0406 e. The summed E-state index contributed by atoms with van der Waals surface area (Å²) in [6, 6.07) is 8.40. The van der Waals surface area contributed by atoms with Crippen molar-refractivity contribution in [2.24, 2.45) is 0 Å². The topological polar surface area (TPSA) is 12.0 Å². The van der Waals surface area contributed by atoms with E-state index in [-0.39, 0.29) is 0 Å². The Morgan fingerprint density at radius 3 is 2.47 bits per heavy atom. The van der Waals surface area contributed by atoms with E-state index in [1.54, 1.807) is 0 Å². The van der Waals surface area contributed by atoms with Crippen LogP contribution >= 0.6 is 11.6 Å². The number of hydrogen-bond acceptors (Lipinski definition) is 1. The lowest BCUT2D eigenvalue weighted by atomic mass is 10.0. The molecule has 0 radical (unpaired) electrons. The molecule has 1 atom stereocenters. The molecule has 0 amide bonds. The molecule has 0 aromatic heterocycles. The van der Waals surface area contributed by atoms with Gasteiger partial charge >= 0.3 is 0 Å². The molecule has 1 N–H and O–H groups in total. The summed E-state index contributed by atoms with van der Waals surface area (Å²) in [5, 5.41) is 4.09. The fourth-order valence-corrected chi connectivity index (χ4v) is 1.69. The van der Waals surface area contributed by atoms with E-state index in [4.69, 9.17) is 11.6 Å². The zero-order valence-electron chi connectivity index (χ0n) is 9.39. The number of nitrogens with one attached hydrogen (secondary N) is 1. The van der Waals surface area contributed by atoms with E-state index in [0.29, 0.717) is 6.04 Å². The van der Waals surface area contributed by atoms with Crippen molar-refractivity contribution in [2.45, 2.75) is 25.8 Å². The predicted molar refractivity (Wildman–Crippen MR) is 67.3 cm³/mol.